The Kier molecular flexibility index (Phi) is 6.10. The van der Waals surface area contributed by atoms with Crippen LogP contribution in [0.3, 0.4) is 0 Å². The van der Waals surface area contributed by atoms with Crippen LogP contribution in [0.5, 0.6) is 5.75 Å². The van der Waals surface area contributed by atoms with Crippen LogP contribution in [0.15, 0.2) is 42.5 Å². The fourth-order valence-electron chi connectivity index (χ4n) is 1.99. The Labute approximate surface area is 144 Å². The van der Waals surface area contributed by atoms with Crippen molar-refractivity contribution >= 4 is 34.9 Å². The number of aliphatic hydroxyl groups excluding tert-OH is 1. The zero-order chi connectivity index (χ0) is 16.8. The molecular formula is C16H16Cl2N2O3. The van der Waals surface area contributed by atoms with E-state index in [2.05, 4.69) is 10.6 Å². The van der Waals surface area contributed by atoms with Gasteiger partial charge in [0.1, 0.15) is 5.75 Å². The molecule has 2 aromatic carbocycles. The molecule has 5 nitrogen and oxygen atoms in total. The third kappa shape index (κ3) is 4.76. The van der Waals surface area contributed by atoms with Crippen LogP contribution < -0.4 is 15.4 Å². The fourth-order valence-corrected chi connectivity index (χ4v) is 2.52. The summed E-state index contributed by atoms with van der Waals surface area (Å²) in [5, 5.41) is 16.2. The first-order chi connectivity index (χ1) is 11.0. The number of amides is 2. The number of urea groups is 1. The van der Waals surface area contributed by atoms with E-state index in [0.29, 0.717) is 27.0 Å². The van der Waals surface area contributed by atoms with E-state index in [-0.39, 0.29) is 6.54 Å². The van der Waals surface area contributed by atoms with Gasteiger partial charge in [-0.15, -0.1) is 0 Å². The Hall–Kier alpha value is -1.95. The fraction of sp³-hybridized carbons (Fsp3) is 0.188. The highest BCUT2D eigenvalue weighted by Gasteiger charge is 2.14. The molecule has 0 bridgehead atoms. The van der Waals surface area contributed by atoms with Crippen LogP contribution >= 0.6 is 23.2 Å². The maximum atomic E-state index is 11.9. The molecule has 0 aliphatic carbocycles. The van der Waals surface area contributed by atoms with E-state index in [0.717, 1.165) is 0 Å². The Bertz CT molecular complexity index is 695. The number of carbonyl (C=O) groups excluding carboxylic acids is 1. The van der Waals surface area contributed by atoms with E-state index in [1.54, 1.807) is 36.4 Å². The van der Waals surface area contributed by atoms with E-state index in [9.17, 15) is 9.90 Å². The van der Waals surface area contributed by atoms with Gasteiger partial charge in [0, 0.05) is 22.2 Å². The lowest BCUT2D eigenvalue weighted by molar-refractivity contribution is 0.175. The molecule has 0 aliphatic rings. The molecule has 0 spiro atoms. The molecule has 0 heterocycles. The lowest BCUT2D eigenvalue weighted by Gasteiger charge is -2.15. The van der Waals surface area contributed by atoms with Gasteiger partial charge in [-0.25, -0.2) is 4.79 Å². The number of anilines is 1. The second-order valence-corrected chi connectivity index (χ2v) is 5.56. The number of carbonyl (C=O) groups is 1. The van der Waals surface area contributed by atoms with Crippen molar-refractivity contribution in [1.82, 2.24) is 5.32 Å². The number of hydrogen-bond acceptors (Lipinski definition) is 3. The summed E-state index contributed by atoms with van der Waals surface area (Å²) in [6.07, 6.45) is -0.941. The van der Waals surface area contributed by atoms with Gasteiger partial charge in [-0.3, -0.25) is 0 Å². The number of methoxy groups -OCH3 is 1. The summed E-state index contributed by atoms with van der Waals surface area (Å²) in [6.45, 7) is 0.00232. The molecule has 122 valence electrons. The van der Waals surface area contributed by atoms with Crippen molar-refractivity contribution in [3.63, 3.8) is 0 Å². The summed E-state index contributed by atoms with van der Waals surface area (Å²) in [5.74, 6) is 0.545. The first kappa shape index (κ1) is 17.4. The van der Waals surface area contributed by atoms with Crippen molar-refractivity contribution in [2.45, 2.75) is 6.10 Å². The highest BCUT2D eigenvalue weighted by atomic mass is 35.5. The summed E-state index contributed by atoms with van der Waals surface area (Å²) in [5.41, 5.74) is 1.03. The van der Waals surface area contributed by atoms with Crippen molar-refractivity contribution in [1.29, 1.82) is 0 Å². The first-order valence-electron chi connectivity index (χ1n) is 6.82. The number of rotatable bonds is 5. The van der Waals surface area contributed by atoms with Gasteiger partial charge in [0.25, 0.3) is 0 Å². The van der Waals surface area contributed by atoms with Gasteiger partial charge in [0.05, 0.1) is 18.9 Å². The summed E-state index contributed by atoms with van der Waals surface area (Å²) in [6, 6.07) is 11.4. The van der Waals surface area contributed by atoms with Crippen molar-refractivity contribution in [3.05, 3.63) is 58.1 Å². The predicted molar refractivity (Wildman–Crippen MR) is 91.4 cm³/mol. The van der Waals surface area contributed by atoms with Gasteiger partial charge in [-0.05, 0) is 24.3 Å². The number of benzene rings is 2. The third-order valence-electron chi connectivity index (χ3n) is 3.13. The van der Waals surface area contributed by atoms with E-state index in [1.165, 1.54) is 13.2 Å². The molecule has 1 atom stereocenters. The minimum Gasteiger partial charge on any atom is -0.495 e. The molecule has 2 aromatic rings. The summed E-state index contributed by atoms with van der Waals surface area (Å²) in [7, 11) is 1.52. The highest BCUT2D eigenvalue weighted by molar-refractivity contribution is 6.35. The molecule has 1 unspecified atom stereocenters. The molecule has 2 rings (SSSR count). The van der Waals surface area contributed by atoms with Gasteiger partial charge in [-0.1, -0.05) is 41.4 Å². The minimum atomic E-state index is -0.941. The van der Waals surface area contributed by atoms with Crippen LogP contribution in [0.25, 0.3) is 0 Å². The number of ether oxygens (including phenoxy) is 1. The third-order valence-corrected chi connectivity index (χ3v) is 3.70. The van der Waals surface area contributed by atoms with Crippen molar-refractivity contribution < 1.29 is 14.6 Å². The van der Waals surface area contributed by atoms with Crippen molar-refractivity contribution in [2.75, 3.05) is 19.0 Å². The lowest BCUT2D eigenvalue weighted by atomic mass is 10.1. The predicted octanol–water partition coefficient (Wildman–Crippen LogP) is 3.86. The first-order valence-corrected chi connectivity index (χ1v) is 7.57. The topological polar surface area (TPSA) is 70.6 Å². The molecule has 7 heteroatoms. The van der Waals surface area contributed by atoms with Gasteiger partial charge < -0.3 is 20.5 Å². The highest BCUT2D eigenvalue weighted by Crippen LogP contribution is 2.26. The van der Waals surface area contributed by atoms with Gasteiger partial charge in [0.15, 0.2) is 0 Å². The SMILES string of the molecule is COc1ccccc1NC(=O)NCC(O)c1ccc(Cl)cc1Cl. The molecule has 0 radical (unpaired) electrons. The Morgan fingerprint density at radius 2 is 2.00 bits per heavy atom. The maximum absolute atomic E-state index is 11.9. The summed E-state index contributed by atoms with van der Waals surface area (Å²) >= 11 is 11.8. The van der Waals surface area contributed by atoms with Gasteiger partial charge in [-0.2, -0.15) is 0 Å². The van der Waals surface area contributed by atoms with Gasteiger partial charge in [0.2, 0.25) is 0 Å². The van der Waals surface area contributed by atoms with Gasteiger partial charge >= 0.3 is 6.03 Å². The molecule has 2 amide bonds. The monoisotopic (exact) mass is 354 g/mol. The number of aliphatic hydroxyl groups is 1. The average Bonchev–Trinajstić information content (AvgIpc) is 2.53. The normalized spacial score (nSPS) is 11.7. The lowest BCUT2D eigenvalue weighted by Crippen LogP contribution is -2.32. The Morgan fingerprint density at radius 1 is 1.26 bits per heavy atom. The van der Waals surface area contributed by atoms with E-state index < -0.39 is 12.1 Å². The van der Waals surface area contributed by atoms with E-state index in [4.69, 9.17) is 27.9 Å². The average molecular weight is 355 g/mol. The molecule has 0 saturated heterocycles. The van der Waals surface area contributed by atoms with Crippen molar-refractivity contribution in [3.8, 4) is 5.75 Å². The van der Waals surface area contributed by atoms with Crippen molar-refractivity contribution in [2.24, 2.45) is 0 Å². The molecule has 23 heavy (non-hydrogen) atoms. The smallest absolute Gasteiger partial charge is 0.319 e. The second kappa shape index (κ2) is 8.06. The molecule has 0 aromatic heterocycles. The largest absolute Gasteiger partial charge is 0.495 e. The van der Waals surface area contributed by atoms with Crippen LogP contribution in [0, 0.1) is 0 Å². The van der Waals surface area contributed by atoms with E-state index in [1.807, 2.05) is 0 Å². The van der Waals surface area contributed by atoms with Crippen LogP contribution in [0.2, 0.25) is 10.0 Å². The van der Waals surface area contributed by atoms with E-state index >= 15 is 0 Å². The second-order valence-electron chi connectivity index (χ2n) is 4.72. The minimum absolute atomic E-state index is 0.00232. The summed E-state index contributed by atoms with van der Waals surface area (Å²) in [4.78, 5) is 11.9. The maximum Gasteiger partial charge on any atom is 0.319 e. The standard InChI is InChI=1S/C16H16Cl2N2O3/c1-23-15-5-3-2-4-13(15)20-16(22)19-9-14(21)11-7-6-10(17)8-12(11)18/h2-8,14,21H,9H2,1H3,(H2,19,20,22). The molecular weight excluding hydrogens is 339 g/mol. The van der Waals surface area contributed by atoms with Crippen LogP contribution in [-0.4, -0.2) is 24.8 Å². The molecule has 0 saturated carbocycles. The van der Waals surface area contributed by atoms with Crippen LogP contribution in [0.1, 0.15) is 11.7 Å². The molecule has 0 fully saturated rings. The Balaban J connectivity index is 1.93. The number of para-hydroxylation sites is 2. The number of nitrogens with one attached hydrogen (secondary N) is 2. The van der Waals surface area contributed by atoms with Crippen LogP contribution in [0.4, 0.5) is 10.5 Å². The zero-order valence-electron chi connectivity index (χ0n) is 12.3. The zero-order valence-corrected chi connectivity index (χ0v) is 13.9. The Morgan fingerprint density at radius 3 is 2.70 bits per heavy atom. The molecule has 3 N–H and O–H groups in total. The van der Waals surface area contributed by atoms with Crippen LogP contribution in [-0.2, 0) is 0 Å². The molecule has 0 aliphatic heterocycles. The number of halogens is 2. The quantitative estimate of drug-likeness (QED) is 0.763. The summed E-state index contributed by atoms with van der Waals surface area (Å²) < 4.78 is 5.15. The number of hydrogen-bond donors (Lipinski definition) is 3.